The maximum Gasteiger partial charge on any atom is 0.336 e. The molecule has 2 N–H and O–H groups in total. The van der Waals surface area contributed by atoms with E-state index < -0.39 is 11.9 Å². The molecule has 1 aromatic rings. The molecule has 0 heterocycles. The Kier molecular flexibility index (Phi) is 4.48. The first-order valence-electron chi connectivity index (χ1n) is 5.99. The molecule has 18 heavy (non-hydrogen) atoms. The summed E-state index contributed by atoms with van der Waals surface area (Å²) in [6.45, 7) is 5.94. The van der Waals surface area contributed by atoms with Crippen LogP contribution in [0.25, 0.3) is 0 Å². The maximum atomic E-state index is 11.3. The van der Waals surface area contributed by atoms with E-state index in [9.17, 15) is 14.7 Å². The van der Waals surface area contributed by atoms with Gasteiger partial charge in [0.1, 0.15) is 0 Å². The van der Waals surface area contributed by atoms with Crippen molar-refractivity contribution in [3.63, 3.8) is 0 Å². The molecule has 0 aromatic heterocycles. The molecule has 0 aliphatic carbocycles. The minimum Gasteiger partial charge on any atom is -0.478 e. The normalized spacial score (nSPS) is 10.7. The number of carbonyl (C=O) groups is 2. The smallest absolute Gasteiger partial charge is 0.336 e. The second-order valence-corrected chi connectivity index (χ2v) is 4.69. The molecular weight excluding hydrogens is 232 g/mol. The van der Waals surface area contributed by atoms with Crippen molar-refractivity contribution in [3.8, 4) is 0 Å². The van der Waals surface area contributed by atoms with E-state index >= 15 is 0 Å². The Morgan fingerprint density at radius 2 is 1.78 bits per heavy atom. The van der Waals surface area contributed by atoms with Gasteiger partial charge in [-0.2, -0.15) is 0 Å². The fourth-order valence-electron chi connectivity index (χ4n) is 2.15. The van der Waals surface area contributed by atoms with Crippen molar-refractivity contribution in [2.75, 3.05) is 0 Å². The largest absolute Gasteiger partial charge is 0.478 e. The van der Waals surface area contributed by atoms with Crippen LogP contribution in [0.3, 0.4) is 0 Å². The van der Waals surface area contributed by atoms with Gasteiger partial charge in [0.2, 0.25) is 0 Å². The Morgan fingerprint density at radius 1 is 1.17 bits per heavy atom. The zero-order valence-electron chi connectivity index (χ0n) is 10.9. The van der Waals surface area contributed by atoms with Gasteiger partial charge in [0.15, 0.2) is 0 Å². The summed E-state index contributed by atoms with van der Waals surface area (Å²) in [4.78, 5) is 22.3. The molecule has 0 amide bonds. The van der Waals surface area contributed by atoms with E-state index in [1.165, 1.54) is 6.07 Å². The molecule has 0 fully saturated rings. The lowest BCUT2D eigenvalue weighted by atomic mass is 9.90. The zero-order valence-corrected chi connectivity index (χ0v) is 10.9. The second-order valence-electron chi connectivity index (χ2n) is 4.69. The van der Waals surface area contributed by atoms with Crippen molar-refractivity contribution in [2.24, 2.45) is 5.92 Å². The van der Waals surface area contributed by atoms with Gasteiger partial charge >= 0.3 is 11.9 Å². The first-order chi connectivity index (χ1) is 8.38. The summed E-state index contributed by atoms with van der Waals surface area (Å²) in [6.07, 6.45) is 1.27. The SMILES string of the molecule is CCc1c(CC(C)C)ccc(C(=O)O)c1C(=O)O. The molecule has 1 aromatic carbocycles. The summed E-state index contributed by atoms with van der Waals surface area (Å²) in [5.74, 6) is -1.97. The molecular formula is C14H18O4. The van der Waals surface area contributed by atoms with Gasteiger partial charge in [0, 0.05) is 0 Å². The highest BCUT2D eigenvalue weighted by Crippen LogP contribution is 2.23. The van der Waals surface area contributed by atoms with Crippen LogP contribution in [-0.4, -0.2) is 22.2 Å². The first kappa shape index (κ1) is 14.2. The Hall–Kier alpha value is -1.84. The van der Waals surface area contributed by atoms with Gasteiger partial charge in [-0.1, -0.05) is 26.8 Å². The molecule has 0 bridgehead atoms. The standard InChI is InChI=1S/C14H18O4/c1-4-10-9(7-8(2)3)5-6-11(13(15)16)12(10)14(17)18/h5-6,8H,4,7H2,1-3H3,(H,15,16)(H,17,18). The third-order valence-corrected chi connectivity index (χ3v) is 2.84. The van der Waals surface area contributed by atoms with Crippen molar-refractivity contribution in [2.45, 2.75) is 33.6 Å². The topological polar surface area (TPSA) is 74.6 Å². The average Bonchev–Trinajstić information content (AvgIpc) is 2.26. The number of benzene rings is 1. The predicted molar refractivity (Wildman–Crippen MR) is 68.3 cm³/mol. The van der Waals surface area contributed by atoms with Crippen LogP contribution in [0.15, 0.2) is 12.1 Å². The summed E-state index contributed by atoms with van der Waals surface area (Å²) >= 11 is 0. The highest BCUT2D eigenvalue weighted by atomic mass is 16.4. The Labute approximate surface area is 106 Å². The molecule has 98 valence electrons. The summed E-state index contributed by atoms with van der Waals surface area (Å²) in [5, 5.41) is 18.3. The molecule has 0 aliphatic heterocycles. The van der Waals surface area contributed by atoms with Crippen molar-refractivity contribution in [1.82, 2.24) is 0 Å². The fourth-order valence-corrected chi connectivity index (χ4v) is 2.15. The Balaban J connectivity index is 3.47. The molecule has 0 saturated carbocycles. The Morgan fingerprint density at radius 3 is 2.17 bits per heavy atom. The number of rotatable bonds is 5. The number of hydrogen-bond donors (Lipinski definition) is 2. The number of hydrogen-bond acceptors (Lipinski definition) is 2. The summed E-state index contributed by atoms with van der Waals surface area (Å²) in [5.41, 5.74) is 1.36. The van der Waals surface area contributed by atoms with E-state index in [4.69, 9.17) is 5.11 Å². The fraction of sp³-hybridized carbons (Fsp3) is 0.429. The quantitative estimate of drug-likeness (QED) is 0.842. The molecule has 4 heteroatoms. The molecule has 0 radical (unpaired) electrons. The van der Waals surface area contributed by atoms with E-state index in [1.54, 1.807) is 6.07 Å². The van der Waals surface area contributed by atoms with Crippen molar-refractivity contribution in [3.05, 3.63) is 34.4 Å². The first-order valence-corrected chi connectivity index (χ1v) is 5.99. The van der Waals surface area contributed by atoms with Crippen molar-refractivity contribution >= 4 is 11.9 Å². The van der Waals surface area contributed by atoms with Gasteiger partial charge in [-0.3, -0.25) is 0 Å². The number of carboxylic acids is 2. The minimum atomic E-state index is -1.20. The lowest BCUT2D eigenvalue weighted by Gasteiger charge is -2.15. The van der Waals surface area contributed by atoms with Crippen LogP contribution in [0.5, 0.6) is 0 Å². The number of aromatic carboxylic acids is 2. The highest BCUT2D eigenvalue weighted by Gasteiger charge is 2.21. The monoisotopic (exact) mass is 250 g/mol. The van der Waals surface area contributed by atoms with Gasteiger partial charge in [-0.25, -0.2) is 9.59 Å². The van der Waals surface area contributed by atoms with Gasteiger partial charge in [0.25, 0.3) is 0 Å². The van der Waals surface area contributed by atoms with E-state index in [2.05, 4.69) is 0 Å². The van der Waals surface area contributed by atoms with Crippen LogP contribution in [0.1, 0.15) is 52.6 Å². The highest BCUT2D eigenvalue weighted by molar-refractivity contribution is 6.03. The van der Waals surface area contributed by atoms with Gasteiger partial charge in [-0.05, 0) is 36.0 Å². The van der Waals surface area contributed by atoms with Crippen molar-refractivity contribution in [1.29, 1.82) is 0 Å². The second kappa shape index (κ2) is 5.67. The van der Waals surface area contributed by atoms with Crippen LogP contribution in [0.4, 0.5) is 0 Å². The lowest BCUT2D eigenvalue weighted by molar-refractivity contribution is 0.0650. The molecule has 0 atom stereocenters. The molecule has 0 unspecified atom stereocenters. The van der Waals surface area contributed by atoms with Gasteiger partial charge in [-0.15, -0.1) is 0 Å². The average molecular weight is 250 g/mol. The van der Waals surface area contributed by atoms with E-state index in [0.717, 1.165) is 12.0 Å². The summed E-state index contributed by atoms with van der Waals surface area (Å²) < 4.78 is 0. The molecule has 1 rings (SSSR count). The lowest BCUT2D eigenvalue weighted by Crippen LogP contribution is -2.14. The van der Waals surface area contributed by atoms with E-state index in [1.807, 2.05) is 20.8 Å². The van der Waals surface area contributed by atoms with Gasteiger partial charge < -0.3 is 10.2 Å². The van der Waals surface area contributed by atoms with Crippen LogP contribution < -0.4 is 0 Å². The van der Waals surface area contributed by atoms with Crippen molar-refractivity contribution < 1.29 is 19.8 Å². The molecule has 4 nitrogen and oxygen atoms in total. The Bertz CT molecular complexity index is 475. The van der Waals surface area contributed by atoms with E-state index in [0.29, 0.717) is 17.9 Å². The van der Waals surface area contributed by atoms with Crippen LogP contribution in [0, 0.1) is 5.92 Å². The zero-order chi connectivity index (χ0) is 13.9. The summed E-state index contributed by atoms with van der Waals surface area (Å²) in [7, 11) is 0. The third-order valence-electron chi connectivity index (χ3n) is 2.84. The van der Waals surface area contributed by atoms with Crippen LogP contribution in [0.2, 0.25) is 0 Å². The predicted octanol–water partition coefficient (Wildman–Crippen LogP) is 2.84. The van der Waals surface area contributed by atoms with Crippen LogP contribution in [-0.2, 0) is 12.8 Å². The number of carboxylic acid groups (broad SMARTS) is 2. The molecule has 0 spiro atoms. The summed E-state index contributed by atoms with van der Waals surface area (Å²) in [6, 6.07) is 3.12. The molecule has 0 saturated heterocycles. The maximum absolute atomic E-state index is 11.3. The van der Waals surface area contributed by atoms with E-state index in [-0.39, 0.29) is 11.1 Å². The van der Waals surface area contributed by atoms with Gasteiger partial charge in [0.05, 0.1) is 11.1 Å². The third kappa shape index (κ3) is 2.88. The molecule has 0 aliphatic rings. The minimum absolute atomic E-state index is 0.0665. The van der Waals surface area contributed by atoms with Crippen LogP contribution >= 0.6 is 0 Å².